The topological polar surface area (TPSA) is 92.7 Å². The number of carboxylic acid groups (broad SMARTS) is 1. The average Bonchev–Trinajstić information content (AvgIpc) is 2.49. The fraction of sp³-hybridized carbons (Fsp3) is 0.357. The van der Waals surface area contributed by atoms with E-state index in [1.54, 1.807) is 0 Å². The molecular formula is C14H17NO5S. The van der Waals surface area contributed by atoms with Gasteiger partial charge in [-0.3, -0.25) is 9.59 Å². The second kappa shape index (κ2) is 9.02. The molecule has 1 aromatic rings. The molecule has 0 saturated carbocycles. The lowest BCUT2D eigenvalue weighted by Gasteiger charge is -2.13. The smallest absolute Gasteiger partial charge is 0.326 e. The lowest BCUT2D eigenvalue weighted by atomic mass is 10.1. The molecular weight excluding hydrogens is 294 g/mol. The number of carbonyl (C=O) groups is 3. The van der Waals surface area contributed by atoms with Crippen molar-refractivity contribution in [1.82, 2.24) is 5.32 Å². The summed E-state index contributed by atoms with van der Waals surface area (Å²) in [4.78, 5) is 34.7. The standard InChI is InChI=1S/C14H17NO5S/c1-20-13(17)8-7-11(14(18)19)15-12(16)9-21-10-5-3-2-4-6-10/h2-6,11H,7-9H2,1H3,(H,15,16)(H,18,19). The molecule has 0 aliphatic carbocycles. The Hall–Kier alpha value is -2.02. The minimum atomic E-state index is -1.17. The van der Waals surface area contributed by atoms with Crippen molar-refractivity contribution in [2.75, 3.05) is 12.9 Å². The van der Waals surface area contributed by atoms with E-state index in [9.17, 15) is 14.4 Å². The fourth-order valence-electron chi connectivity index (χ4n) is 1.52. The normalized spacial score (nSPS) is 11.5. The van der Waals surface area contributed by atoms with Crippen LogP contribution in [0, 0.1) is 0 Å². The molecule has 1 amide bonds. The second-order valence-electron chi connectivity index (χ2n) is 4.17. The van der Waals surface area contributed by atoms with E-state index in [1.807, 2.05) is 30.3 Å². The van der Waals surface area contributed by atoms with Gasteiger partial charge < -0.3 is 15.2 Å². The van der Waals surface area contributed by atoms with Gasteiger partial charge in [0, 0.05) is 11.3 Å². The summed E-state index contributed by atoms with van der Waals surface area (Å²) in [5, 5.41) is 11.4. The van der Waals surface area contributed by atoms with E-state index in [0.717, 1.165) is 4.90 Å². The van der Waals surface area contributed by atoms with E-state index < -0.39 is 18.0 Å². The number of thioether (sulfide) groups is 1. The van der Waals surface area contributed by atoms with Crippen molar-refractivity contribution in [2.45, 2.75) is 23.8 Å². The number of carboxylic acids is 1. The van der Waals surface area contributed by atoms with E-state index in [1.165, 1.54) is 18.9 Å². The van der Waals surface area contributed by atoms with Crippen LogP contribution < -0.4 is 5.32 Å². The summed E-state index contributed by atoms with van der Waals surface area (Å²) >= 11 is 1.31. The van der Waals surface area contributed by atoms with Gasteiger partial charge in [-0.1, -0.05) is 18.2 Å². The number of ether oxygens (including phenoxy) is 1. The maximum atomic E-state index is 11.7. The molecule has 0 bridgehead atoms. The Morgan fingerprint density at radius 3 is 2.52 bits per heavy atom. The summed E-state index contributed by atoms with van der Waals surface area (Å²) in [6.45, 7) is 0. The molecule has 2 N–H and O–H groups in total. The molecule has 6 nitrogen and oxygen atoms in total. The molecule has 0 aliphatic rings. The van der Waals surface area contributed by atoms with Gasteiger partial charge in [-0.25, -0.2) is 4.79 Å². The Morgan fingerprint density at radius 1 is 1.29 bits per heavy atom. The maximum Gasteiger partial charge on any atom is 0.326 e. The van der Waals surface area contributed by atoms with Gasteiger partial charge in [0.1, 0.15) is 6.04 Å². The first-order valence-corrected chi connectivity index (χ1v) is 7.28. The summed E-state index contributed by atoms with van der Waals surface area (Å²) in [7, 11) is 1.23. The number of carbonyl (C=O) groups excluding carboxylic acids is 2. The molecule has 0 heterocycles. The number of esters is 1. The number of methoxy groups -OCH3 is 1. The minimum Gasteiger partial charge on any atom is -0.480 e. The van der Waals surface area contributed by atoms with Crippen LogP contribution >= 0.6 is 11.8 Å². The zero-order valence-electron chi connectivity index (χ0n) is 11.6. The van der Waals surface area contributed by atoms with E-state index in [4.69, 9.17) is 5.11 Å². The van der Waals surface area contributed by atoms with Crippen LogP contribution in [0.5, 0.6) is 0 Å². The number of rotatable bonds is 8. The van der Waals surface area contributed by atoms with Gasteiger partial charge in [0.2, 0.25) is 5.91 Å². The first kappa shape index (κ1) is 17.0. The molecule has 0 aromatic heterocycles. The highest BCUT2D eigenvalue weighted by Gasteiger charge is 2.21. The molecule has 0 spiro atoms. The monoisotopic (exact) mass is 311 g/mol. The highest BCUT2D eigenvalue weighted by Crippen LogP contribution is 2.16. The Bertz CT molecular complexity index is 491. The quantitative estimate of drug-likeness (QED) is 0.555. The van der Waals surface area contributed by atoms with Crippen LogP contribution in [0.2, 0.25) is 0 Å². The number of hydrogen-bond donors (Lipinski definition) is 2. The van der Waals surface area contributed by atoms with Crippen LogP contribution in [0.3, 0.4) is 0 Å². The van der Waals surface area contributed by atoms with Crippen LogP contribution in [-0.4, -0.2) is 41.9 Å². The summed E-state index contributed by atoms with van der Waals surface area (Å²) in [5.74, 6) is -1.95. The number of nitrogens with one attached hydrogen (secondary N) is 1. The largest absolute Gasteiger partial charge is 0.480 e. The zero-order valence-corrected chi connectivity index (χ0v) is 12.4. The summed E-state index contributed by atoms with van der Waals surface area (Å²) < 4.78 is 4.44. The van der Waals surface area contributed by atoms with Crippen molar-refractivity contribution in [3.63, 3.8) is 0 Å². The molecule has 0 fully saturated rings. The zero-order chi connectivity index (χ0) is 15.7. The second-order valence-corrected chi connectivity index (χ2v) is 5.22. The minimum absolute atomic E-state index is 0.00372. The molecule has 0 saturated heterocycles. The fourth-order valence-corrected chi connectivity index (χ4v) is 2.25. The number of hydrogen-bond acceptors (Lipinski definition) is 5. The van der Waals surface area contributed by atoms with Crippen LogP contribution in [0.25, 0.3) is 0 Å². The molecule has 7 heteroatoms. The van der Waals surface area contributed by atoms with E-state index in [0.29, 0.717) is 0 Å². The van der Waals surface area contributed by atoms with Crippen molar-refractivity contribution >= 4 is 29.6 Å². The Labute approximate surface area is 126 Å². The Morgan fingerprint density at radius 2 is 1.95 bits per heavy atom. The van der Waals surface area contributed by atoms with Crippen molar-refractivity contribution in [1.29, 1.82) is 0 Å². The molecule has 1 aromatic carbocycles. The predicted octanol–water partition coefficient (Wildman–Crippen LogP) is 1.30. The van der Waals surface area contributed by atoms with Crippen molar-refractivity contribution in [3.05, 3.63) is 30.3 Å². The third kappa shape index (κ3) is 6.80. The lowest BCUT2D eigenvalue weighted by Crippen LogP contribution is -2.42. The summed E-state index contributed by atoms with van der Waals surface area (Å²) in [5.41, 5.74) is 0. The molecule has 114 valence electrons. The van der Waals surface area contributed by atoms with Crippen molar-refractivity contribution in [3.8, 4) is 0 Å². The first-order chi connectivity index (χ1) is 10.0. The molecule has 1 atom stereocenters. The summed E-state index contributed by atoms with van der Waals surface area (Å²) in [6, 6.07) is 8.23. The van der Waals surface area contributed by atoms with Gasteiger partial charge in [0.05, 0.1) is 12.9 Å². The molecule has 21 heavy (non-hydrogen) atoms. The number of amides is 1. The molecule has 1 rings (SSSR count). The number of benzene rings is 1. The SMILES string of the molecule is COC(=O)CCC(NC(=O)CSc1ccccc1)C(=O)O. The van der Waals surface area contributed by atoms with Crippen molar-refractivity contribution < 1.29 is 24.2 Å². The van der Waals surface area contributed by atoms with Crippen LogP contribution in [0.1, 0.15) is 12.8 Å². The van der Waals surface area contributed by atoms with Gasteiger partial charge in [0.25, 0.3) is 0 Å². The molecule has 0 radical (unpaired) electrons. The highest BCUT2D eigenvalue weighted by atomic mass is 32.2. The van der Waals surface area contributed by atoms with Crippen molar-refractivity contribution in [2.24, 2.45) is 0 Å². The lowest BCUT2D eigenvalue weighted by molar-refractivity contribution is -0.143. The van der Waals surface area contributed by atoms with Crippen LogP contribution in [0.4, 0.5) is 0 Å². The van der Waals surface area contributed by atoms with Gasteiger partial charge >= 0.3 is 11.9 Å². The van der Waals surface area contributed by atoms with Gasteiger partial charge in [-0.05, 0) is 18.6 Å². The van der Waals surface area contributed by atoms with E-state index in [2.05, 4.69) is 10.1 Å². The Balaban J connectivity index is 2.41. The molecule has 1 unspecified atom stereocenters. The first-order valence-electron chi connectivity index (χ1n) is 6.29. The third-order valence-corrected chi connectivity index (χ3v) is 3.62. The predicted molar refractivity (Wildman–Crippen MR) is 78.0 cm³/mol. The van der Waals surface area contributed by atoms with E-state index >= 15 is 0 Å². The van der Waals surface area contributed by atoms with Gasteiger partial charge in [0.15, 0.2) is 0 Å². The molecule has 0 aliphatic heterocycles. The van der Waals surface area contributed by atoms with Gasteiger partial charge in [-0.2, -0.15) is 0 Å². The maximum absolute atomic E-state index is 11.7. The van der Waals surface area contributed by atoms with Gasteiger partial charge in [-0.15, -0.1) is 11.8 Å². The summed E-state index contributed by atoms with van der Waals surface area (Å²) in [6.07, 6.45) is -0.0523. The van der Waals surface area contributed by atoms with E-state index in [-0.39, 0.29) is 24.5 Å². The van der Waals surface area contributed by atoms with Crippen LogP contribution in [0.15, 0.2) is 35.2 Å². The number of aliphatic carboxylic acids is 1. The Kier molecular flexibility index (Phi) is 7.31. The highest BCUT2D eigenvalue weighted by molar-refractivity contribution is 8.00. The van der Waals surface area contributed by atoms with Crippen LogP contribution in [-0.2, 0) is 19.1 Å². The average molecular weight is 311 g/mol. The third-order valence-electron chi connectivity index (χ3n) is 2.61.